The second kappa shape index (κ2) is 15.7. The van der Waals surface area contributed by atoms with E-state index < -0.39 is 0 Å². The predicted molar refractivity (Wildman–Crippen MR) is 217 cm³/mol. The van der Waals surface area contributed by atoms with Gasteiger partial charge in [0.25, 0.3) is 0 Å². The summed E-state index contributed by atoms with van der Waals surface area (Å²) in [6, 6.07) is 43.9. The van der Waals surface area contributed by atoms with Crippen LogP contribution in [-0.4, -0.2) is 19.6 Å². The monoisotopic (exact) mass is 877 g/mol. The van der Waals surface area contributed by atoms with Gasteiger partial charge in [0, 0.05) is 38.0 Å². The van der Waals surface area contributed by atoms with Gasteiger partial charge in [-0.2, -0.15) is 0 Å². The van der Waals surface area contributed by atoms with E-state index in [-0.39, 0.29) is 26.8 Å². The number of nitrogens with zero attached hydrogens (tertiary/aromatic N) is 3. The van der Waals surface area contributed by atoms with Crippen molar-refractivity contribution >= 4 is 11.0 Å². The van der Waals surface area contributed by atoms with E-state index in [9.17, 15) is 5.11 Å². The second-order valence-corrected chi connectivity index (χ2v) is 15.2. The Balaban J connectivity index is 0.00000481. The molecule has 0 atom stereocenters. The maximum atomic E-state index is 11.0. The molecule has 0 aliphatic rings. The van der Waals surface area contributed by atoms with Crippen LogP contribution in [0.3, 0.4) is 0 Å². The normalized spacial score (nSPS) is 11.6. The van der Waals surface area contributed by atoms with Crippen LogP contribution in [0.15, 0.2) is 115 Å². The first-order valence-corrected chi connectivity index (χ1v) is 18.6. The number of rotatable bonds is 9. The summed E-state index contributed by atoms with van der Waals surface area (Å²) in [7, 11) is 0. The van der Waals surface area contributed by atoms with Gasteiger partial charge in [-0.3, -0.25) is 9.97 Å². The maximum absolute atomic E-state index is 11.0. The van der Waals surface area contributed by atoms with Gasteiger partial charge in [-0.15, -0.1) is 24.3 Å². The Morgan fingerprint density at radius 3 is 1.68 bits per heavy atom. The van der Waals surface area contributed by atoms with E-state index in [1.165, 1.54) is 22.3 Å². The smallest absolute Gasteiger partial charge is 0.124 e. The Morgan fingerprint density at radius 1 is 0.528 bits per heavy atom. The molecule has 272 valence electrons. The third kappa shape index (κ3) is 7.80. The molecule has 0 unspecified atom stereocenters. The number of hydrogen-bond acceptors (Lipinski definition) is 3. The first kappa shape index (κ1) is 37.9. The van der Waals surface area contributed by atoms with Crippen LogP contribution < -0.4 is 0 Å². The van der Waals surface area contributed by atoms with Gasteiger partial charge in [0.05, 0.1) is 22.6 Å². The minimum absolute atomic E-state index is 0. The van der Waals surface area contributed by atoms with Crippen molar-refractivity contribution in [2.45, 2.75) is 79.1 Å². The zero-order chi connectivity index (χ0) is 36.7. The third-order valence-corrected chi connectivity index (χ3v) is 10.1. The molecule has 0 saturated carbocycles. The van der Waals surface area contributed by atoms with E-state index in [0.717, 1.165) is 50.5 Å². The van der Waals surface area contributed by atoms with Crippen molar-refractivity contribution in [1.82, 2.24) is 14.5 Å². The number of imidazole rings is 1. The molecule has 0 aliphatic carbocycles. The number of aromatic nitrogens is 3. The average molecular weight is 878 g/mol. The van der Waals surface area contributed by atoms with E-state index >= 15 is 0 Å². The molecule has 2 heterocycles. The fourth-order valence-corrected chi connectivity index (χ4v) is 6.84. The molecule has 1 N–H and O–H groups in total. The third-order valence-electron chi connectivity index (χ3n) is 10.1. The second-order valence-electron chi connectivity index (χ2n) is 15.2. The zero-order valence-electron chi connectivity index (χ0n) is 31.9. The molecule has 0 bridgehead atoms. The topological polar surface area (TPSA) is 50.9 Å². The van der Waals surface area contributed by atoms with E-state index in [1.54, 1.807) is 6.07 Å². The molecule has 0 saturated heterocycles. The first-order chi connectivity index (χ1) is 25.0. The summed E-state index contributed by atoms with van der Waals surface area (Å²) in [5.41, 5.74) is 14.4. The van der Waals surface area contributed by atoms with Gasteiger partial charge in [-0.1, -0.05) is 121 Å². The number of aromatic hydroxyl groups is 1. The van der Waals surface area contributed by atoms with Crippen LogP contribution in [0.25, 0.3) is 61.8 Å². The number of phenolic OH excluding ortho intramolecular Hbond substituents is 1. The number of pyridine rings is 1. The van der Waals surface area contributed by atoms with Crippen LogP contribution >= 0.6 is 0 Å². The zero-order valence-corrected chi connectivity index (χ0v) is 34.2. The molecule has 2 aromatic heterocycles. The number of para-hydroxylation sites is 3. The summed E-state index contributed by atoms with van der Waals surface area (Å²) >= 11 is 0. The molecule has 4 nitrogen and oxygen atoms in total. The van der Waals surface area contributed by atoms with Crippen molar-refractivity contribution in [1.29, 1.82) is 0 Å². The van der Waals surface area contributed by atoms with Crippen molar-refractivity contribution in [2.24, 2.45) is 0 Å². The summed E-state index contributed by atoms with van der Waals surface area (Å²) < 4.78 is 2.28. The van der Waals surface area contributed by atoms with Crippen molar-refractivity contribution in [3.63, 3.8) is 0 Å². The maximum Gasteiger partial charge on any atom is 0.124 e. The van der Waals surface area contributed by atoms with Gasteiger partial charge in [0.1, 0.15) is 5.75 Å². The first-order valence-electron chi connectivity index (χ1n) is 18.6. The molecular formula is C48H48N3OPt-. The Morgan fingerprint density at radius 2 is 1.06 bits per heavy atom. The van der Waals surface area contributed by atoms with Crippen molar-refractivity contribution < 1.29 is 26.2 Å². The van der Waals surface area contributed by atoms with Gasteiger partial charge >= 0.3 is 0 Å². The number of benzene rings is 5. The van der Waals surface area contributed by atoms with Crippen molar-refractivity contribution in [3.8, 4) is 56.5 Å². The molecule has 0 fully saturated rings. The van der Waals surface area contributed by atoms with Gasteiger partial charge in [-0.05, 0) is 99.5 Å². The van der Waals surface area contributed by atoms with Gasteiger partial charge < -0.3 is 9.67 Å². The quantitative estimate of drug-likeness (QED) is 0.147. The number of hydrogen-bond donors (Lipinski definition) is 1. The molecule has 0 amide bonds. The Labute approximate surface area is 329 Å². The minimum Gasteiger partial charge on any atom is -0.507 e. The van der Waals surface area contributed by atoms with Crippen LogP contribution in [0.1, 0.15) is 101 Å². The molecule has 0 spiro atoms. The van der Waals surface area contributed by atoms with Gasteiger partial charge in [-0.25, -0.2) is 0 Å². The fourth-order valence-electron chi connectivity index (χ4n) is 6.84. The fraction of sp³-hybridized carbons (Fsp3) is 0.250. The summed E-state index contributed by atoms with van der Waals surface area (Å²) in [5, 5.41) is 11.0. The van der Waals surface area contributed by atoms with Crippen LogP contribution in [0.2, 0.25) is 0 Å². The van der Waals surface area contributed by atoms with E-state index in [0.29, 0.717) is 34.9 Å². The Kier molecular flexibility index (Phi) is 11.2. The van der Waals surface area contributed by atoms with Gasteiger partial charge in [0.15, 0.2) is 0 Å². The molecule has 7 aromatic rings. The minimum atomic E-state index is 0. The number of phenols is 1. The molecule has 53 heavy (non-hydrogen) atoms. The van der Waals surface area contributed by atoms with E-state index in [1.807, 2.05) is 24.3 Å². The molecule has 7 rings (SSSR count). The van der Waals surface area contributed by atoms with Crippen LogP contribution in [-0.2, 0) is 21.1 Å². The van der Waals surface area contributed by atoms with Crippen LogP contribution in [0.4, 0.5) is 0 Å². The van der Waals surface area contributed by atoms with Crippen molar-refractivity contribution in [3.05, 3.63) is 144 Å². The standard InChI is InChI=1S/C48H48N3O.Pt/c1-29(2)35-21-36(30(3)4)24-39(23-35)40-27-44(49-45(28-40)42-16-9-12-19-47(42)52)33-14-13-15-34(20-33)48-50-43-17-10-11-18-46(43)51(48)41-25-37(31(5)6)22-38(26-41)32(7)8;/h9-19,21-32,52H,1-8H3;/q-1;. The summed E-state index contributed by atoms with van der Waals surface area (Å²) in [6.45, 7) is 18.0. The predicted octanol–water partition coefficient (Wildman–Crippen LogP) is 13.1. The number of fused-ring (bicyclic) bond motifs is 1. The van der Waals surface area contributed by atoms with E-state index in [4.69, 9.17) is 9.97 Å². The molecule has 0 radical (unpaired) electrons. The van der Waals surface area contributed by atoms with E-state index in [2.05, 4.69) is 151 Å². The largest absolute Gasteiger partial charge is 0.507 e. The van der Waals surface area contributed by atoms with Crippen LogP contribution in [0.5, 0.6) is 5.75 Å². The average Bonchev–Trinajstić information content (AvgIpc) is 3.54. The summed E-state index contributed by atoms with van der Waals surface area (Å²) in [4.78, 5) is 10.4. The van der Waals surface area contributed by atoms with Crippen molar-refractivity contribution in [2.75, 3.05) is 0 Å². The molecule has 5 heteroatoms. The Hall–Kier alpha value is -4.79. The molecule has 5 aromatic carbocycles. The summed E-state index contributed by atoms with van der Waals surface area (Å²) in [6.07, 6.45) is 0. The Bertz CT molecular complexity index is 2350. The molecule has 0 aliphatic heterocycles. The van der Waals surface area contributed by atoms with Crippen LogP contribution in [0, 0.1) is 6.07 Å². The summed E-state index contributed by atoms with van der Waals surface area (Å²) in [5.74, 6) is 2.59. The SMILES string of the molecule is CC(C)c1cc(-c2cc(-c3[c-]c(-c4nc5ccccc5n4-c4cc(C(C)C)cc(C(C)C)c4)ccc3)nc(-c3ccccc3O)c2)cc(C(C)C)c1.[Pt]. The molecular weight excluding hydrogens is 830 g/mol. The van der Waals surface area contributed by atoms with Gasteiger partial charge in [0.2, 0.25) is 0 Å².